The van der Waals surface area contributed by atoms with Crippen molar-refractivity contribution in [2.75, 3.05) is 0 Å². The predicted octanol–water partition coefficient (Wildman–Crippen LogP) is 3.12. The number of nitrogens with two attached hydrogens (primary N) is 1. The first-order valence-corrected chi connectivity index (χ1v) is 9.41. The second-order valence-electron chi connectivity index (χ2n) is 6.32. The number of aliphatic carboxylic acids is 1. The van der Waals surface area contributed by atoms with E-state index in [-0.39, 0.29) is 5.76 Å². The van der Waals surface area contributed by atoms with Crippen molar-refractivity contribution < 1.29 is 23.4 Å². The van der Waals surface area contributed by atoms with Crippen LogP contribution in [-0.4, -0.2) is 29.3 Å². The van der Waals surface area contributed by atoms with E-state index in [1.165, 1.54) is 6.92 Å². The summed E-state index contributed by atoms with van der Waals surface area (Å²) in [6, 6.07) is 0. The van der Waals surface area contributed by atoms with Crippen LogP contribution in [0.2, 0.25) is 0 Å². The van der Waals surface area contributed by atoms with Crippen molar-refractivity contribution in [3.63, 3.8) is 0 Å². The van der Waals surface area contributed by atoms with Gasteiger partial charge in [0.1, 0.15) is 4.75 Å². The Hall–Kier alpha value is -2.12. The van der Waals surface area contributed by atoms with Crippen LogP contribution in [0, 0.1) is 0 Å². The zero-order valence-electron chi connectivity index (χ0n) is 14.7. The Balaban J connectivity index is 3.04. The number of carboxylic acids is 1. The van der Waals surface area contributed by atoms with E-state index in [0.717, 1.165) is 11.6 Å². The molecule has 1 rings (SSSR count). The second-order valence-corrected chi connectivity index (χ2v) is 8.31. The lowest BCUT2D eigenvalue weighted by atomic mass is 9.86. The lowest BCUT2D eigenvalue weighted by molar-refractivity contribution is -0.131. The number of allylic oxidation sites excluding steroid dienone is 8. The molecule has 0 aromatic heterocycles. The molecular formula is C18H25NO5S. The van der Waals surface area contributed by atoms with Crippen LogP contribution in [0.1, 0.15) is 40.0 Å². The molecule has 0 saturated heterocycles. The van der Waals surface area contributed by atoms with Gasteiger partial charge in [0.25, 0.3) is 0 Å². The van der Waals surface area contributed by atoms with Gasteiger partial charge >= 0.3 is 5.97 Å². The van der Waals surface area contributed by atoms with Crippen LogP contribution in [-0.2, 0) is 14.8 Å². The minimum Gasteiger partial charge on any atom is -0.512 e. The molecule has 0 radical (unpaired) electrons. The molecule has 6 nitrogen and oxygen atoms in total. The van der Waals surface area contributed by atoms with Crippen LogP contribution < -0.4 is 5.14 Å². The minimum atomic E-state index is -3.86. The fourth-order valence-corrected chi connectivity index (χ4v) is 3.52. The number of primary sulfonamides is 1. The summed E-state index contributed by atoms with van der Waals surface area (Å²) in [7, 11) is -3.86. The second kappa shape index (κ2) is 8.31. The number of carboxylic acid groups (broad SMARTS) is 1. The van der Waals surface area contributed by atoms with Crippen molar-refractivity contribution in [2.24, 2.45) is 5.14 Å². The van der Waals surface area contributed by atoms with Crippen molar-refractivity contribution in [1.82, 2.24) is 0 Å². The van der Waals surface area contributed by atoms with Gasteiger partial charge in [-0.05, 0) is 39.2 Å². The third kappa shape index (κ3) is 5.72. The number of rotatable bonds is 6. The highest BCUT2D eigenvalue weighted by molar-refractivity contribution is 7.90. The molecule has 4 N–H and O–H groups in total. The Morgan fingerprint density at radius 2 is 1.88 bits per heavy atom. The maximum Gasteiger partial charge on any atom is 0.328 e. The monoisotopic (exact) mass is 367 g/mol. The lowest BCUT2D eigenvalue weighted by Gasteiger charge is -2.32. The fourth-order valence-electron chi connectivity index (χ4n) is 2.60. The van der Waals surface area contributed by atoms with Crippen molar-refractivity contribution in [3.05, 3.63) is 58.9 Å². The van der Waals surface area contributed by atoms with Crippen molar-refractivity contribution >= 4 is 16.0 Å². The Bertz CT molecular complexity index is 784. The summed E-state index contributed by atoms with van der Waals surface area (Å²) < 4.78 is 22.6. The van der Waals surface area contributed by atoms with Gasteiger partial charge in [-0.2, -0.15) is 0 Å². The number of aliphatic hydroxyl groups excluding tert-OH is 1. The van der Waals surface area contributed by atoms with Gasteiger partial charge in [0.2, 0.25) is 10.0 Å². The van der Waals surface area contributed by atoms with Crippen LogP contribution in [0.5, 0.6) is 0 Å². The van der Waals surface area contributed by atoms with Crippen molar-refractivity contribution in [2.45, 2.75) is 44.8 Å². The molecule has 0 amide bonds. The predicted molar refractivity (Wildman–Crippen MR) is 98.4 cm³/mol. The summed E-state index contributed by atoms with van der Waals surface area (Å²) in [5, 5.41) is 24.1. The van der Waals surface area contributed by atoms with E-state index >= 15 is 0 Å². The number of aliphatic hydroxyl groups is 1. The van der Waals surface area contributed by atoms with Gasteiger partial charge in [0.15, 0.2) is 0 Å². The molecule has 138 valence electrons. The third-order valence-corrected chi connectivity index (χ3v) is 5.84. The molecule has 0 saturated carbocycles. The highest BCUT2D eigenvalue weighted by Gasteiger charge is 2.42. The number of hydrogen-bond acceptors (Lipinski definition) is 4. The van der Waals surface area contributed by atoms with Gasteiger partial charge in [-0.25, -0.2) is 18.4 Å². The van der Waals surface area contributed by atoms with Gasteiger partial charge in [-0.3, -0.25) is 0 Å². The van der Waals surface area contributed by atoms with Crippen LogP contribution in [0.15, 0.2) is 58.9 Å². The van der Waals surface area contributed by atoms with Crippen molar-refractivity contribution in [1.29, 1.82) is 0 Å². The SMILES string of the molecule is CC(/C=C/C1=C(O)CCC[C@]1(C)S(N)(=O)=O)=C\C=C\C(C)=C\C(=O)O. The average molecular weight is 367 g/mol. The summed E-state index contributed by atoms with van der Waals surface area (Å²) in [5.74, 6) is -0.965. The number of carbonyl (C=O) groups is 1. The van der Waals surface area contributed by atoms with E-state index in [0.29, 0.717) is 30.4 Å². The molecule has 0 unspecified atom stereocenters. The minimum absolute atomic E-state index is 0.0441. The lowest BCUT2D eigenvalue weighted by Crippen LogP contribution is -2.44. The Labute approximate surface area is 148 Å². The highest BCUT2D eigenvalue weighted by Crippen LogP contribution is 2.38. The molecule has 0 aliphatic heterocycles. The number of sulfonamides is 1. The van der Waals surface area contributed by atoms with Crippen LogP contribution in [0.4, 0.5) is 0 Å². The molecule has 1 aliphatic rings. The Morgan fingerprint density at radius 3 is 2.44 bits per heavy atom. The zero-order chi connectivity index (χ0) is 19.3. The first-order valence-electron chi connectivity index (χ1n) is 7.86. The largest absolute Gasteiger partial charge is 0.512 e. The first kappa shape index (κ1) is 20.9. The summed E-state index contributed by atoms with van der Waals surface area (Å²) >= 11 is 0. The third-order valence-electron chi connectivity index (χ3n) is 4.16. The molecule has 0 aromatic rings. The smallest absolute Gasteiger partial charge is 0.328 e. The summed E-state index contributed by atoms with van der Waals surface area (Å²) in [5.41, 5.74) is 1.72. The molecule has 0 bridgehead atoms. The molecule has 7 heteroatoms. The standard InChI is InChI=1S/C18H25NO5S/c1-13(6-4-7-14(2)12-17(21)22)9-10-15-16(20)8-5-11-18(15,3)25(19,23)24/h4,6-7,9-10,12,20H,5,8,11H2,1-3H3,(H,21,22)(H2,19,23,24)/b7-4+,10-9+,13-6+,14-12+/t18-/m0/s1. The highest BCUT2D eigenvalue weighted by atomic mass is 32.2. The maximum absolute atomic E-state index is 12.0. The molecular weight excluding hydrogens is 342 g/mol. The van der Waals surface area contributed by atoms with E-state index in [4.69, 9.17) is 10.2 Å². The maximum atomic E-state index is 12.0. The molecule has 0 spiro atoms. The molecule has 25 heavy (non-hydrogen) atoms. The van der Waals surface area contributed by atoms with Crippen LogP contribution in [0.3, 0.4) is 0 Å². The van der Waals surface area contributed by atoms with E-state index in [1.807, 2.05) is 6.92 Å². The van der Waals surface area contributed by atoms with Gasteiger partial charge in [0.05, 0.1) is 5.76 Å². The van der Waals surface area contributed by atoms with Crippen LogP contribution >= 0.6 is 0 Å². The molecule has 1 atom stereocenters. The molecule has 0 aromatic carbocycles. The zero-order valence-corrected chi connectivity index (χ0v) is 15.5. The first-order chi connectivity index (χ1) is 11.5. The van der Waals surface area contributed by atoms with E-state index in [1.54, 1.807) is 37.3 Å². The molecule has 0 heterocycles. The van der Waals surface area contributed by atoms with Gasteiger partial charge in [-0.1, -0.05) is 36.0 Å². The summed E-state index contributed by atoms with van der Waals surface area (Å²) in [6.45, 7) is 5.01. The Kier molecular flexibility index (Phi) is 6.96. The van der Waals surface area contributed by atoms with Gasteiger partial charge in [0, 0.05) is 18.1 Å². The summed E-state index contributed by atoms with van der Waals surface area (Å²) in [4.78, 5) is 10.5. The topological polar surface area (TPSA) is 118 Å². The van der Waals surface area contributed by atoms with E-state index < -0.39 is 20.7 Å². The Morgan fingerprint density at radius 1 is 1.24 bits per heavy atom. The van der Waals surface area contributed by atoms with Gasteiger partial charge < -0.3 is 10.2 Å². The summed E-state index contributed by atoms with van der Waals surface area (Å²) in [6.07, 6.45) is 10.8. The average Bonchev–Trinajstić information content (AvgIpc) is 2.44. The van der Waals surface area contributed by atoms with Gasteiger partial charge in [-0.15, -0.1) is 0 Å². The molecule has 1 aliphatic carbocycles. The van der Waals surface area contributed by atoms with Crippen LogP contribution in [0.25, 0.3) is 0 Å². The number of hydrogen-bond donors (Lipinski definition) is 3. The van der Waals surface area contributed by atoms with E-state index in [9.17, 15) is 18.3 Å². The van der Waals surface area contributed by atoms with Crippen molar-refractivity contribution in [3.8, 4) is 0 Å². The molecule has 0 fully saturated rings. The normalized spacial score (nSPS) is 23.7. The quantitative estimate of drug-likeness (QED) is 0.492. The van der Waals surface area contributed by atoms with E-state index in [2.05, 4.69) is 0 Å². The fraction of sp³-hybridized carbons (Fsp3) is 0.389.